The first-order chi connectivity index (χ1) is 7.84. The molecule has 0 aliphatic carbocycles. The van der Waals surface area contributed by atoms with Gasteiger partial charge in [0.05, 0.1) is 17.2 Å². The molecule has 0 aliphatic rings. The minimum Gasteiger partial charge on any atom is -0.309 e. The molecule has 16 heavy (non-hydrogen) atoms. The van der Waals surface area contributed by atoms with Gasteiger partial charge in [-0.1, -0.05) is 0 Å². The van der Waals surface area contributed by atoms with E-state index in [0.717, 1.165) is 29.5 Å². The van der Waals surface area contributed by atoms with Crippen LogP contribution >= 0.6 is 11.3 Å². The summed E-state index contributed by atoms with van der Waals surface area (Å²) in [5.41, 5.74) is 1.16. The Morgan fingerprint density at radius 1 is 1.31 bits per heavy atom. The molecule has 0 spiro atoms. The SMILES string of the molecule is Cc1nc(CCNCc2ncccn2)cs1. The van der Waals surface area contributed by atoms with Gasteiger partial charge in [-0.15, -0.1) is 11.3 Å². The molecule has 0 saturated carbocycles. The normalized spacial score (nSPS) is 10.6. The van der Waals surface area contributed by atoms with Crippen molar-refractivity contribution in [3.63, 3.8) is 0 Å². The van der Waals surface area contributed by atoms with E-state index in [-0.39, 0.29) is 0 Å². The van der Waals surface area contributed by atoms with Gasteiger partial charge in [0.2, 0.25) is 0 Å². The van der Waals surface area contributed by atoms with Crippen molar-refractivity contribution in [1.82, 2.24) is 20.3 Å². The van der Waals surface area contributed by atoms with Crippen molar-refractivity contribution in [3.05, 3.63) is 40.4 Å². The van der Waals surface area contributed by atoms with Crippen LogP contribution in [0.15, 0.2) is 23.8 Å². The van der Waals surface area contributed by atoms with Crippen LogP contribution in [0.25, 0.3) is 0 Å². The molecule has 0 saturated heterocycles. The van der Waals surface area contributed by atoms with Crippen LogP contribution in [0.5, 0.6) is 0 Å². The maximum Gasteiger partial charge on any atom is 0.141 e. The molecule has 2 aromatic heterocycles. The Labute approximate surface area is 98.8 Å². The smallest absolute Gasteiger partial charge is 0.141 e. The van der Waals surface area contributed by atoms with Crippen molar-refractivity contribution in [1.29, 1.82) is 0 Å². The minimum absolute atomic E-state index is 0.712. The van der Waals surface area contributed by atoms with E-state index in [1.165, 1.54) is 0 Å². The third-order valence-electron chi connectivity index (χ3n) is 2.13. The predicted molar refractivity (Wildman–Crippen MR) is 64.3 cm³/mol. The number of hydrogen-bond acceptors (Lipinski definition) is 5. The fraction of sp³-hybridized carbons (Fsp3) is 0.364. The van der Waals surface area contributed by atoms with E-state index in [2.05, 4.69) is 25.6 Å². The van der Waals surface area contributed by atoms with Gasteiger partial charge in [-0.05, 0) is 13.0 Å². The lowest BCUT2D eigenvalue weighted by molar-refractivity contribution is 0.654. The van der Waals surface area contributed by atoms with Crippen LogP contribution in [-0.2, 0) is 13.0 Å². The Balaban J connectivity index is 1.69. The molecule has 2 aromatic rings. The molecule has 4 nitrogen and oxygen atoms in total. The van der Waals surface area contributed by atoms with Crippen LogP contribution in [0.2, 0.25) is 0 Å². The van der Waals surface area contributed by atoms with Crippen LogP contribution in [0, 0.1) is 6.92 Å². The number of aromatic nitrogens is 3. The molecular weight excluding hydrogens is 220 g/mol. The van der Waals surface area contributed by atoms with Gasteiger partial charge in [0.25, 0.3) is 0 Å². The fourth-order valence-electron chi connectivity index (χ4n) is 1.36. The number of rotatable bonds is 5. The second kappa shape index (κ2) is 5.67. The van der Waals surface area contributed by atoms with Crippen molar-refractivity contribution >= 4 is 11.3 Å². The lowest BCUT2D eigenvalue weighted by atomic mass is 10.3. The Kier molecular flexibility index (Phi) is 3.96. The molecular formula is C11H14N4S. The van der Waals surface area contributed by atoms with Crippen LogP contribution in [-0.4, -0.2) is 21.5 Å². The standard InChI is InChI=1S/C11H14N4S/c1-9-15-10(8-16-9)3-6-12-7-11-13-4-2-5-14-11/h2,4-5,8,12H,3,6-7H2,1H3. The average molecular weight is 234 g/mol. The summed E-state index contributed by atoms with van der Waals surface area (Å²) in [4.78, 5) is 12.7. The summed E-state index contributed by atoms with van der Waals surface area (Å²) in [5, 5.41) is 6.53. The Hall–Kier alpha value is -1.33. The summed E-state index contributed by atoms with van der Waals surface area (Å²) in [7, 11) is 0. The molecule has 5 heteroatoms. The first-order valence-electron chi connectivity index (χ1n) is 5.22. The lowest BCUT2D eigenvalue weighted by Crippen LogP contribution is -2.18. The summed E-state index contributed by atoms with van der Waals surface area (Å²) in [5.74, 6) is 0.831. The highest BCUT2D eigenvalue weighted by atomic mass is 32.1. The van der Waals surface area contributed by atoms with E-state index < -0.39 is 0 Å². The highest BCUT2D eigenvalue weighted by molar-refractivity contribution is 7.09. The number of thiazole rings is 1. The highest BCUT2D eigenvalue weighted by Crippen LogP contribution is 2.07. The van der Waals surface area contributed by atoms with E-state index in [9.17, 15) is 0 Å². The molecule has 0 aliphatic heterocycles. The predicted octanol–water partition coefficient (Wildman–Crippen LogP) is 1.57. The molecule has 0 bridgehead atoms. The molecule has 0 aromatic carbocycles. The summed E-state index contributed by atoms with van der Waals surface area (Å²) in [6, 6.07) is 1.82. The van der Waals surface area contributed by atoms with Crippen LogP contribution in [0.4, 0.5) is 0 Å². The zero-order chi connectivity index (χ0) is 11.2. The molecule has 2 heterocycles. The maximum absolute atomic E-state index is 4.40. The van der Waals surface area contributed by atoms with Gasteiger partial charge in [0, 0.05) is 30.7 Å². The van der Waals surface area contributed by atoms with Crippen molar-refractivity contribution in [2.75, 3.05) is 6.54 Å². The second-order valence-electron chi connectivity index (χ2n) is 3.45. The van der Waals surface area contributed by atoms with Crippen LogP contribution in [0.3, 0.4) is 0 Å². The lowest BCUT2D eigenvalue weighted by Gasteiger charge is -2.01. The van der Waals surface area contributed by atoms with E-state index in [1.54, 1.807) is 23.7 Å². The molecule has 0 radical (unpaired) electrons. The molecule has 84 valence electrons. The first kappa shape index (κ1) is 11.2. The van der Waals surface area contributed by atoms with Crippen LogP contribution < -0.4 is 5.32 Å². The molecule has 2 rings (SSSR count). The number of nitrogens with zero attached hydrogens (tertiary/aromatic N) is 3. The Morgan fingerprint density at radius 3 is 2.81 bits per heavy atom. The number of hydrogen-bond donors (Lipinski definition) is 1. The number of aryl methyl sites for hydroxylation is 1. The van der Waals surface area contributed by atoms with Gasteiger partial charge in [-0.2, -0.15) is 0 Å². The zero-order valence-electron chi connectivity index (χ0n) is 9.18. The third-order valence-corrected chi connectivity index (χ3v) is 2.95. The summed E-state index contributed by atoms with van der Waals surface area (Å²) in [6.45, 7) is 3.64. The van der Waals surface area contributed by atoms with E-state index >= 15 is 0 Å². The average Bonchev–Trinajstić information content (AvgIpc) is 2.72. The van der Waals surface area contributed by atoms with Gasteiger partial charge in [-0.3, -0.25) is 0 Å². The summed E-state index contributed by atoms with van der Waals surface area (Å²) in [6.07, 6.45) is 4.47. The maximum atomic E-state index is 4.40. The zero-order valence-corrected chi connectivity index (χ0v) is 10.00. The largest absolute Gasteiger partial charge is 0.309 e. The van der Waals surface area contributed by atoms with Crippen molar-refractivity contribution < 1.29 is 0 Å². The second-order valence-corrected chi connectivity index (χ2v) is 4.51. The highest BCUT2D eigenvalue weighted by Gasteiger charge is 1.98. The fourth-order valence-corrected chi connectivity index (χ4v) is 2.01. The van der Waals surface area contributed by atoms with Crippen molar-refractivity contribution in [3.8, 4) is 0 Å². The quantitative estimate of drug-likeness (QED) is 0.798. The molecule has 1 N–H and O–H groups in total. The monoisotopic (exact) mass is 234 g/mol. The van der Waals surface area contributed by atoms with Gasteiger partial charge in [-0.25, -0.2) is 15.0 Å². The topological polar surface area (TPSA) is 50.7 Å². The Bertz CT molecular complexity index is 427. The van der Waals surface area contributed by atoms with E-state index in [0.29, 0.717) is 6.54 Å². The molecule has 0 amide bonds. The summed E-state index contributed by atoms with van der Waals surface area (Å²) >= 11 is 1.70. The van der Waals surface area contributed by atoms with E-state index in [1.807, 2.05) is 13.0 Å². The van der Waals surface area contributed by atoms with Crippen LogP contribution in [0.1, 0.15) is 16.5 Å². The number of nitrogens with one attached hydrogen (secondary N) is 1. The van der Waals surface area contributed by atoms with Gasteiger partial charge < -0.3 is 5.32 Å². The van der Waals surface area contributed by atoms with Gasteiger partial charge in [0.1, 0.15) is 5.82 Å². The molecule has 0 atom stereocenters. The van der Waals surface area contributed by atoms with E-state index in [4.69, 9.17) is 0 Å². The summed E-state index contributed by atoms with van der Waals surface area (Å²) < 4.78 is 0. The molecule has 0 unspecified atom stereocenters. The molecule has 0 fully saturated rings. The van der Waals surface area contributed by atoms with Crippen molar-refractivity contribution in [2.24, 2.45) is 0 Å². The van der Waals surface area contributed by atoms with Crippen molar-refractivity contribution in [2.45, 2.75) is 19.9 Å². The minimum atomic E-state index is 0.712. The van der Waals surface area contributed by atoms with Gasteiger partial charge >= 0.3 is 0 Å². The third kappa shape index (κ3) is 3.36. The Morgan fingerprint density at radius 2 is 2.12 bits per heavy atom. The first-order valence-corrected chi connectivity index (χ1v) is 6.10. The van der Waals surface area contributed by atoms with Gasteiger partial charge in [0.15, 0.2) is 0 Å².